The summed E-state index contributed by atoms with van der Waals surface area (Å²) in [4.78, 5) is 11.6. The Bertz CT molecular complexity index is 298. The third-order valence-electron chi connectivity index (χ3n) is 2.16. The molecule has 1 atom stereocenters. The van der Waals surface area contributed by atoms with Crippen molar-refractivity contribution in [2.24, 2.45) is 0 Å². The van der Waals surface area contributed by atoms with Crippen LogP contribution in [0.5, 0.6) is 0 Å². The number of amides is 1. The third-order valence-corrected chi connectivity index (χ3v) is 2.16. The summed E-state index contributed by atoms with van der Waals surface area (Å²) in [6, 6.07) is 9.56. The van der Waals surface area contributed by atoms with Gasteiger partial charge in [-0.15, -0.1) is 0 Å². The van der Waals surface area contributed by atoms with Crippen molar-refractivity contribution >= 4 is 5.91 Å². The molecule has 0 saturated carbocycles. The zero-order valence-electron chi connectivity index (χ0n) is 9.29. The van der Waals surface area contributed by atoms with Gasteiger partial charge in [0.1, 0.15) is 0 Å². The molecule has 0 aromatic heterocycles. The van der Waals surface area contributed by atoms with Crippen molar-refractivity contribution in [1.82, 2.24) is 10.6 Å². The highest BCUT2D eigenvalue weighted by molar-refractivity contribution is 5.94. The number of nitrogens with one attached hydrogen (secondary N) is 2. The molecule has 0 heterocycles. The molecule has 0 unspecified atom stereocenters. The van der Waals surface area contributed by atoms with Crippen LogP contribution in [0.1, 0.15) is 24.2 Å². The Hall–Kier alpha value is -1.35. The van der Waals surface area contributed by atoms with Crippen LogP contribution >= 0.6 is 0 Å². The zero-order valence-corrected chi connectivity index (χ0v) is 9.29. The number of rotatable bonds is 5. The van der Waals surface area contributed by atoms with Gasteiger partial charge in [0.15, 0.2) is 0 Å². The molecular weight excluding hydrogens is 188 g/mol. The van der Waals surface area contributed by atoms with E-state index in [4.69, 9.17) is 0 Å². The fourth-order valence-electron chi connectivity index (χ4n) is 1.36. The first-order chi connectivity index (χ1) is 7.24. The summed E-state index contributed by atoms with van der Waals surface area (Å²) in [5.41, 5.74) is 0.709. The van der Waals surface area contributed by atoms with E-state index in [-0.39, 0.29) is 5.91 Å². The van der Waals surface area contributed by atoms with Crippen LogP contribution in [0.2, 0.25) is 0 Å². The van der Waals surface area contributed by atoms with Crippen molar-refractivity contribution < 1.29 is 4.79 Å². The zero-order chi connectivity index (χ0) is 11.1. The lowest BCUT2D eigenvalue weighted by Gasteiger charge is -2.13. The standard InChI is InChI=1S/C12H18N2O/c1-3-13-10(2)9-14-12(15)11-7-5-4-6-8-11/h4-8,10,13H,3,9H2,1-2H3,(H,14,15)/t10-/m0/s1. The lowest BCUT2D eigenvalue weighted by Crippen LogP contribution is -2.38. The summed E-state index contributed by atoms with van der Waals surface area (Å²) < 4.78 is 0. The minimum atomic E-state index is -0.0136. The number of carbonyl (C=O) groups excluding carboxylic acids is 1. The molecule has 0 aliphatic heterocycles. The maximum atomic E-state index is 11.6. The molecule has 15 heavy (non-hydrogen) atoms. The number of likely N-dealkylation sites (N-methyl/N-ethyl adjacent to an activating group) is 1. The van der Waals surface area contributed by atoms with Gasteiger partial charge in [0.2, 0.25) is 0 Å². The van der Waals surface area contributed by atoms with E-state index in [2.05, 4.69) is 24.5 Å². The lowest BCUT2D eigenvalue weighted by molar-refractivity contribution is 0.0950. The Morgan fingerprint density at radius 1 is 1.33 bits per heavy atom. The second kappa shape index (κ2) is 6.19. The van der Waals surface area contributed by atoms with Crippen molar-refractivity contribution in [1.29, 1.82) is 0 Å². The summed E-state index contributed by atoms with van der Waals surface area (Å²) in [6.45, 7) is 5.67. The fraction of sp³-hybridized carbons (Fsp3) is 0.417. The van der Waals surface area contributed by atoms with Crippen molar-refractivity contribution in [3.05, 3.63) is 35.9 Å². The first-order valence-corrected chi connectivity index (χ1v) is 5.30. The lowest BCUT2D eigenvalue weighted by atomic mass is 10.2. The Balaban J connectivity index is 2.37. The second-order valence-electron chi connectivity index (χ2n) is 3.53. The summed E-state index contributed by atoms with van der Waals surface area (Å²) in [6.07, 6.45) is 0. The molecule has 3 heteroatoms. The van der Waals surface area contributed by atoms with Gasteiger partial charge < -0.3 is 10.6 Å². The van der Waals surface area contributed by atoms with Gasteiger partial charge in [0.25, 0.3) is 5.91 Å². The molecular formula is C12H18N2O. The number of hydrogen-bond donors (Lipinski definition) is 2. The molecule has 1 amide bonds. The smallest absolute Gasteiger partial charge is 0.251 e. The van der Waals surface area contributed by atoms with Crippen LogP contribution in [0.25, 0.3) is 0 Å². The average Bonchev–Trinajstić information content (AvgIpc) is 2.27. The quantitative estimate of drug-likeness (QED) is 0.765. The van der Waals surface area contributed by atoms with E-state index in [1.54, 1.807) is 0 Å². The van der Waals surface area contributed by atoms with E-state index in [1.807, 2.05) is 30.3 Å². The van der Waals surface area contributed by atoms with Crippen LogP contribution in [0, 0.1) is 0 Å². The predicted molar refractivity (Wildman–Crippen MR) is 61.9 cm³/mol. The van der Waals surface area contributed by atoms with Gasteiger partial charge in [0, 0.05) is 18.2 Å². The van der Waals surface area contributed by atoms with Crippen LogP contribution in [0.3, 0.4) is 0 Å². The van der Waals surface area contributed by atoms with E-state index in [0.29, 0.717) is 18.2 Å². The van der Waals surface area contributed by atoms with E-state index in [9.17, 15) is 4.79 Å². The molecule has 1 rings (SSSR count). The Morgan fingerprint density at radius 3 is 2.60 bits per heavy atom. The SMILES string of the molecule is CCN[C@@H](C)CNC(=O)c1ccccc1. The Labute approximate surface area is 90.9 Å². The van der Waals surface area contributed by atoms with E-state index in [1.165, 1.54) is 0 Å². The highest BCUT2D eigenvalue weighted by atomic mass is 16.1. The molecule has 0 aliphatic carbocycles. The largest absolute Gasteiger partial charge is 0.350 e. The minimum absolute atomic E-state index is 0.0136. The third kappa shape index (κ3) is 4.13. The highest BCUT2D eigenvalue weighted by Crippen LogP contribution is 1.97. The maximum absolute atomic E-state index is 11.6. The molecule has 0 fully saturated rings. The van der Waals surface area contributed by atoms with Crippen LogP contribution in [0.4, 0.5) is 0 Å². The molecule has 1 aromatic rings. The van der Waals surface area contributed by atoms with Crippen molar-refractivity contribution in [3.8, 4) is 0 Å². The Morgan fingerprint density at radius 2 is 2.00 bits per heavy atom. The number of carbonyl (C=O) groups is 1. The molecule has 0 aliphatic rings. The number of hydrogen-bond acceptors (Lipinski definition) is 2. The van der Waals surface area contributed by atoms with Gasteiger partial charge >= 0.3 is 0 Å². The van der Waals surface area contributed by atoms with Gasteiger partial charge in [-0.3, -0.25) is 4.79 Å². The summed E-state index contributed by atoms with van der Waals surface area (Å²) in [5, 5.41) is 6.12. The first kappa shape index (κ1) is 11.7. The molecule has 1 aromatic carbocycles. The van der Waals surface area contributed by atoms with Crippen LogP contribution in [-0.2, 0) is 0 Å². The van der Waals surface area contributed by atoms with Crippen LogP contribution in [0.15, 0.2) is 30.3 Å². The number of benzene rings is 1. The monoisotopic (exact) mass is 206 g/mol. The maximum Gasteiger partial charge on any atom is 0.251 e. The predicted octanol–water partition coefficient (Wildman–Crippen LogP) is 1.41. The highest BCUT2D eigenvalue weighted by Gasteiger charge is 2.05. The minimum Gasteiger partial charge on any atom is -0.350 e. The van der Waals surface area contributed by atoms with Crippen LogP contribution < -0.4 is 10.6 Å². The average molecular weight is 206 g/mol. The van der Waals surface area contributed by atoms with E-state index < -0.39 is 0 Å². The fourth-order valence-corrected chi connectivity index (χ4v) is 1.36. The first-order valence-electron chi connectivity index (χ1n) is 5.30. The molecule has 2 N–H and O–H groups in total. The summed E-state index contributed by atoms with van der Waals surface area (Å²) in [7, 11) is 0. The molecule has 82 valence electrons. The molecule has 0 bridgehead atoms. The van der Waals surface area contributed by atoms with E-state index in [0.717, 1.165) is 6.54 Å². The topological polar surface area (TPSA) is 41.1 Å². The second-order valence-corrected chi connectivity index (χ2v) is 3.53. The van der Waals surface area contributed by atoms with Gasteiger partial charge in [-0.25, -0.2) is 0 Å². The molecule has 0 radical (unpaired) electrons. The molecule has 3 nitrogen and oxygen atoms in total. The summed E-state index contributed by atoms with van der Waals surface area (Å²) in [5.74, 6) is -0.0136. The molecule has 0 spiro atoms. The van der Waals surface area contributed by atoms with Gasteiger partial charge in [-0.05, 0) is 25.6 Å². The normalized spacial score (nSPS) is 12.1. The van der Waals surface area contributed by atoms with Gasteiger partial charge in [-0.2, -0.15) is 0 Å². The summed E-state index contributed by atoms with van der Waals surface area (Å²) >= 11 is 0. The van der Waals surface area contributed by atoms with Gasteiger partial charge in [-0.1, -0.05) is 25.1 Å². The van der Waals surface area contributed by atoms with Crippen LogP contribution in [-0.4, -0.2) is 25.0 Å². The van der Waals surface area contributed by atoms with E-state index >= 15 is 0 Å². The van der Waals surface area contributed by atoms with Crippen molar-refractivity contribution in [3.63, 3.8) is 0 Å². The Kier molecular flexibility index (Phi) is 4.84. The van der Waals surface area contributed by atoms with Crippen molar-refractivity contribution in [2.45, 2.75) is 19.9 Å². The van der Waals surface area contributed by atoms with Crippen molar-refractivity contribution in [2.75, 3.05) is 13.1 Å². The molecule has 0 saturated heterocycles. The van der Waals surface area contributed by atoms with Gasteiger partial charge in [0.05, 0.1) is 0 Å².